The van der Waals surface area contributed by atoms with Crippen LogP contribution in [0.1, 0.15) is 44.7 Å². The summed E-state index contributed by atoms with van der Waals surface area (Å²) >= 11 is 1.07. The summed E-state index contributed by atoms with van der Waals surface area (Å²) in [5.74, 6) is -4.28. The number of rotatable bonds is 10. The van der Waals surface area contributed by atoms with Crippen molar-refractivity contribution in [3.05, 3.63) is 101 Å². The minimum atomic E-state index is -1.26. The van der Waals surface area contributed by atoms with Crippen LogP contribution in [0.15, 0.2) is 71.8 Å². The zero-order valence-electron chi connectivity index (χ0n) is 23.6. The molecule has 0 radical (unpaired) electrons. The molecule has 6 nitrogen and oxygen atoms in total. The van der Waals surface area contributed by atoms with Crippen LogP contribution in [0.25, 0.3) is 0 Å². The zero-order valence-corrected chi connectivity index (χ0v) is 24.4. The van der Waals surface area contributed by atoms with Gasteiger partial charge in [-0.15, -0.1) is 0 Å². The first-order valence-corrected chi connectivity index (χ1v) is 14.2. The standard InChI is InChI=1S/C31H31F4N3O3S/c1-19(2)29(39)37(27-18-23(33)12-14-26(27)35)16-8-15-31(21-9-6-5-7-10-21)38(30(40)20(3)41-4)36-28(42-31)24-17-22(32)11-13-25(24)34/h5-7,9-14,17-20H,8,15-16H2,1-4H3/t20-,31?/m0/s1. The number of hydrogen-bond acceptors (Lipinski definition) is 5. The number of methoxy groups -OCH3 is 1. The lowest BCUT2D eigenvalue weighted by atomic mass is 9.99. The SMILES string of the molecule is CO[C@@H](C)C(=O)N1N=C(c2cc(F)ccc2F)SC1(CCCN(C(=O)C(C)C)c1cc(F)ccc1F)c1ccccc1. The van der Waals surface area contributed by atoms with Gasteiger partial charge in [-0.1, -0.05) is 55.9 Å². The molecule has 0 N–H and O–H groups in total. The summed E-state index contributed by atoms with van der Waals surface area (Å²) in [6.45, 7) is 4.85. The van der Waals surface area contributed by atoms with E-state index in [1.807, 2.05) is 0 Å². The molecule has 0 aliphatic carbocycles. The first-order valence-electron chi connectivity index (χ1n) is 13.4. The lowest BCUT2D eigenvalue weighted by molar-refractivity contribution is -0.144. The number of hydrazone groups is 1. The Morgan fingerprint density at radius 3 is 2.24 bits per heavy atom. The van der Waals surface area contributed by atoms with Crippen molar-refractivity contribution >= 4 is 34.3 Å². The van der Waals surface area contributed by atoms with E-state index in [4.69, 9.17) is 4.74 Å². The fraction of sp³-hybridized carbons (Fsp3) is 0.323. The molecule has 42 heavy (non-hydrogen) atoms. The maximum Gasteiger partial charge on any atom is 0.273 e. The molecule has 1 aliphatic heterocycles. The molecular weight excluding hydrogens is 570 g/mol. The molecule has 3 aromatic carbocycles. The number of ether oxygens (including phenoxy) is 1. The maximum absolute atomic E-state index is 14.9. The monoisotopic (exact) mass is 601 g/mol. The van der Waals surface area contributed by atoms with E-state index in [0.717, 1.165) is 48.2 Å². The summed E-state index contributed by atoms with van der Waals surface area (Å²) in [7, 11) is 1.37. The van der Waals surface area contributed by atoms with Gasteiger partial charge in [0.1, 0.15) is 39.3 Å². The van der Waals surface area contributed by atoms with Gasteiger partial charge in [0.2, 0.25) is 5.91 Å². The average Bonchev–Trinajstić information content (AvgIpc) is 3.37. The van der Waals surface area contributed by atoms with Crippen LogP contribution >= 0.6 is 11.8 Å². The molecule has 3 aromatic rings. The molecule has 0 bridgehead atoms. The lowest BCUT2D eigenvalue weighted by Crippen LogP contribution is -2.46. The Kier molecular flexibility index (Phi) is 9.73. The molecule has 11 heteroatoms. The fourth-order valence-electron chi connectivity index (χ4n) is 4.68. The van der Waals surface area contributed by atoms with E-state index in [-0.39, 0.29) is 35.7 Å². The van der Waals surface area contributed by atoms with Gasteiger partial charge >= 0.3 is 0 Å². The van der Waals surface area contributed by atoms with Crippen molar-refractivity contribution in [1.29, 1.82) is 0 Å². The van der Waals surface area contributed by atoms with Gasteiger partial charge in [-0.25, -0.2) is 22.6 Å². The summed E-state index contributed by atoms with van der Waals surface area (Å²) < 4.78 is 63.3. The van der Waals surface area contributed by atoms with Gasteiger partial charge in [-0.3, -0.25) is 9.59 Å². The molecule has 1 aliphatic rings. The molecule has 0 saturated carbocycles. The summed E-state index contributed by atoms with van der Waals surface area (Å²) in [6.07, 6.45) is -0.558. The van der Waals surface area contributed by atoms with Gasteiger partial charge < -0.3 is 9.64 Å². The van der Waals surface area contributed by atoms with Crippen LogP contribution in [0.5, 0.6) is 0 Å². The topological polar surface area (TPSA) is 62.2 Å². The molecule has 0 aromatic heterocycles. The number of carbonyl (C=O) groups is 2. The average molecular weight is 602 g/mol. The smallest absolute Gasteiger partial charge is 0.273 e. The van der Waals surface area contributed by atoms with Crippen LogP contribution in [0.2, 0.25) is 0 Å². The van der Waals surface area contributed by atoms with E-state index < -0.39 is 52.0 Å². The highest BCUT2D eigenvalue weighted by atomic mass is 32.2. The first-order chi connectivity index (χ1) is 20.0. The number of hydrogen-bond donors (Lipinski definition) is 0. The van der Waals surface area contributed by atoms with Crippen molar-refractivity contribution in [3.8, 4) is 0 Å². The fourth-order valence-corrected chi connectivity index (χ4v) is 6.10. The first kappa shape index (κ1) is 31.2. The Labute approximate surface area is 246 Å². The van der Waals surface area contributed by atoms with Crippen LogP contribution < -0.4 is 4.90 Å². The van der Waals surface area contributed by atoms with Crippen LogP contribution in [-0.2, 0) is 19.2 Å². The van der Waals surface area contributed by atoms with Crippen molar-refractivity contribution in [2.45, 2.75) is 44.6 Å². The summed E-state index contributed by atoms with van der Waals surface area (Å²) in [6, 6.07) is 14.8. The Morgan fingerprint density at radius 1 is 0.952 bits per heavy atom. The highest BCUT2D eigenvalue weighted by Crippen LogP contribution is 2.51. The largest absolute Gasteiger partial charge is 0.372 e. The van der Waals surface area contributed by atoms with E-state index in [2.05, 4.69) is 5.10 Å². The minimum Gasteiger partial charge on any atom is -0.372 e. The van der Waals surface area contributed by atoms with Crippen molar-refractivity contribution in [1.82, 2.24) is 5.01 Å². The molecular formula is C31H31F4N3O3S. The number of halogens is 4. The molecule has 2 atom stereocenters. The highest BCUT2D eigenvalue weighted by molar-refractivity contribution is 8.15. The second kappa shape index (κ2) is 13.1. The van der Waals surface area contributed by atoms with Crippen molar-refractivity contribution in [2.24, 2.45) is 11.0 Å². The van der Waals surface area contributed by atoms with Gasteiger partial charge in [0.25, 0.3) is 5.91 Å². The third-order valence-corrected chi connectivity index (χ3v) is 8.39. The van der Waals surface area contributed by atoms with E-state index in [0.29, 0.717) is 5.56 Å². The third-order valence-electron chi connectivity index (χ3n) is 6.95. The number of carbonyl (C=O) groups excluding carboxylic acids is 2. The second-order valence-corrected chi connectivity index (χ2v) is 11.4. The number of nitrogens with zero attached hydrogens (tertiary/aromatic N) is 3. The summed E-state index contributed by atoms with van der Waals surface area (Å²) in [4.78, 5) is 26.7. The van der Waals surface area contributed by atoms with Crippen LogP contribution in [0, 0.1) is 29.2 Å². The number of amides is 2. The molecule has 0 spiro atoms. The summed E-state index contributed by atoms with van der Waals surface area (Å²) in [5.41, 5.74) is 0.334. The van der Waals surface area contributed by atoms with Crippen LogP contribution in [0.4, 0.5) is 23.2 Å². The molecule has 0 saturated heterocycles. The number of thioether (sulfide) groups is 1. The maximum atomic E-state index is 14.9. The predicted octanol–water partition coefficient (Wildman–Crippen LogP) is 6.84. The second-order valence-electron chi connectivity index (χ2n) is 10.2. The predicted molar refractivity (Wildman–Crippen MR) is 155 cm³/mol. The van der Waals surface area contributed by atoms with E-state index >= 15 is 0 Å². The Bertz CT molecular complexity index is 1490. The molecule has 1 heterocycles. The van der Waals surface area contributed by atoms with Crippen molar-refractivity contribution < 1.29 is 31.9 Å². The summed E-state index contributed by atoms with van der Waals surface area (Å²) in [5, 5.41) is 5.79. The van der Waals surface area contributed by atoms with Gasteiger partial charge in [0.05, 0.1) is 5.69 Å². The molecule has 0 fully saturated rings. The highest BCUT2D eigenvalue weighted by Gasteiger charge is 2.49. The van der Waals surface area contributed by atoms with Gasteiger partial charge in [-0.05, 0) is 55.7 Å². The quantitative estimate of drug-likeness (QED) is 0.239. The van der Waals surface area contributed by atoms with Gasteiger partial charge in [-0.2, -0.15) is 5.10 Å². The Hall–Kier alpha value is -3.70. The van der Waals surface area contributed by atoms with Crippen LogP contribution in [0.3, 0.4) is 0 Å². The Morgan fingerprint density at radius 2 is 1.60 bits per heavy atom. The van der Waals surface area contributed by atoms with Crippen LogP contribution in [-0.4, -0.2) is 41.6 Å². The van der Waals surface area contributed by atoms with Crippen molar-refractivity contribution in [3.63, 3.8) is 0 Å². The van der Waals surface area contributed by atoms with E-state index in [1.165, 1.54) is 17.0 Å². The number of benzene rings is 3. The minimum absolute atomic E-state index is 0.0158. The van der Waals surface area contributed by atoms with E-state index in [1.54, 1.807) is 51.1 Å². The zero-order chi connectivity index (χ0) is 30.6. The van der Waals surface area contributed by atoms with Gasteiger partial charge in [0.15, 0.2) is 0 Å². The molecule has 2 amide bonds. The normalized spacial score (nSPS) is 17.4. The number of anilines is 1. The van der Waals surface area contributed by atoms with Crippen molar-refractivity contribution in [2.75, 3.05) is 18.6 Å². The molecule has 4 rings (SSSR count). The van der Waals surface area contributed by atoms with Gasteiger partial charge in [0, 0.05) is 31.2 Å². The Balaban J connectivity index is 1.77. The lowest BCUT2D eigenvalue weighted by Gasteiger charge is -2.37. The third kappa shape index (κ3) is 6.37. The van der Waals surface area contributed by atoms with E-state index in [9.17, 15) is 27.2 Å². The molecule has 222 valence electrons. The molecule has 1 unspecified atom stereocenters.